The number of hydrogen-bond acceptors (Lipinski definition) is 6. The topological polar surface area (TPSA) is 88.0 Å². The van der Waals surface area contributed by atoms with Crippen molar-refractivity contribution >= 4 is 5.78 Å². The number of rotatable bonds is 38. The van der Waals surface area contributed by atoms with Gasteiger partial charge < -0.3 is 25.0 Å². The number of ether oxygens (including phenoxy) is 2. The van der Waals surface area contributed by atoms with Gasteiger partial charge in [-0.15, -0.1) is 0 Å². The highest BCUT2D eigenvalue weighted by Crippen LogP contribution is 2.30. The number of hydrogen-bond donors (Lipinski definition) is 3. The van der Waals surface area contributed by atoms with E-state index in [0.29, 0.717) is 30.3 Å². The maximum Gasteiger partial charge on any atom is 0.187 e. The van der Waals surface area contributed by atoms with Gasteiger partial charge >= 0.3 is 0 Å². The Bertz CT molecular complexity index is 920. The molecule has 0 saturated heterocycles. The van der Waals surface area contributed by atoms with E-state index < -0.39 is 6.10 Å². The molecular formula is C44H79NO5. The zero-order chi connectivity index (χ0) is 36.2. The molecule has 1 atom stereocenters. The van der Waals surface area contributed by atoms with Crippen molar-refractivity contribution in [2.75, 3.05) is 26.4 Å². The quantitative estimate of drug-likeness (QED) is 0.0361. The molecule has 1 rings (SSSR count). The summed E-state index contributed by atoms with van der Waals surface area (Å²) in [6, 6.07) is 5.43. The standard InChI is InChI=1S/C44H79NO5/c1-3-5-7-9-11-13-15-17-19-21-23-25-27-29-35-49-43-32-31-40(42(48)33-34-45-38-41(47)39-46)37-44(43)50-36-30-28-26-24-22-20-18-16-14-12-10-8-6-4-2/h31-34,37,41,45-47H,3-30,35-36,38-39H2,1-2H3/b34-33+. The summed E-state index contributed by atoms with van der Waals surface area (Å²) in [5.41, 5.74) is 0.533. The second kappa shape index (κ2) is 35.4. The fourth-order valence-electron chi connectivity index (χ4n) is 6.35. The molecule has 0 saturated carbocycles. The molecule has 6 nitrogen and oxygen atoms in total. The predicted molar refractivity (Wildman–Crippen MR) is 213 cm³/mol. The Morgan fingerprint density at radius 1 is 0.600 bits per heavy atom. The van der Waals surface area contributed by atoms with E-state index in [4.69, 9.17) is 14.6 Å². The van der Waals surface area contributed by atoms with E-state index in [1.54, 1.807) is 12.1 Å². The molecule has 0 radical (unpaired) electrons. The van der Waals surface area contributed by atoms with Crippen LogP contribution in [0.15, 0.2) is 30.5 Å². The molecule has 1 aromatic carbocycles. The third-order valence-electron chi connectivity index (χ3n) is 9.66. The first-order valence-electron chi connectivity index (χ1n) is 21.2. The third-order valence-corrected chi connectivity index (χ3v) is 9.66. The molecule has 0 bridgehead atoms. The smallest absolute Gasteiger partial charge is 0.187 e. The number of unbranched alkanes of at least 4 members (excludes halogenated alkanes) is 26. The van der Waals surface area contributed by atoms with Gasteiger partial charge in [0.25, 0.3) is 0 Å². The van der Waals surface area contributed by atoms with Crippen LogP contribution in [-0.4, -0.2) is 48.5 Å². The average molecular weight is 702 g/mol. The zero-order valence-corrected chi connectivity index (χ0v) is 32.7. The van der Waals surface area contributed by atoms with Gasteiger partial charge in [0.05, 0.1) is 25.9 Å². The van der Waals surface area contributed by atoms with Crippen LogP contribution >= 0.6 is 0 Å². The summed E-state index contributed by atoms with van der Waals surface area (Å²) < 4.78 is 12.4. The Balaban J connectivity index is 2.36. The minimum atomic E-state index is -0.860. The first-order chi connectivity index (χ1) is 24.6. The van der Waals surface area contributed by atoms with Gasteiger partial charge in [-0.25, -0.2) is 0 Å². The minimum absolute atomic E-state index is 0.157. The molecule has 0 aliphatic rings. The van der Waals surface area contributed by atoms with Crippen LogP contribution in [0.3, 0.4) is 0 Å². The van der Waals surface area contributed by atoms with Crippen molar-refractivity contribution in [3.63, 3.8) is 0 Å². The summed E-state index contributed by atoms with van der Waals surface area (Å²) in [5.74, 6) is 1.18. The van der Waals surface area contributed by atoms with Crippen LogP contribution in [0.4, 0.5) is 0 Å². The van der Waals surface area contributed by atoms with Gasteiger partial charge in [-0.2, -0.15) is 0 Å². The van der Waals surface area contributed by atoms with Gasteiger partial charge in [-0.1, -0.05) is 181 Å². The third kappa shape index (κ3) is 27.6. The Morgan fingerprint density at radius 2 is 0.980 bits per heavy atom. The second-order valence-electron chi connectivity index (χ2n) is 14.5. The number of aliphatic hydroxyl groups excluding tert-OH is 2. The summed E-state index contributed by atoms with van der Waals surface area (Å²) in [4.78, 5) is 12.8. The number of carbonyl (C=O) groups is 1. The fourth-order valence-corrected chi connectivity index (χ4v) is 6.35. The summed E-state index contributed by atoms with van der Waals surface area (Å²) >= 11 is 0. The van der Waals surface area contributed by atoms with E-state index in [9.17, 15) is 9.90 Å². The molecule has 1 aromatic rings. The molecule has 0 spiro atoms. The molecule has 0 fully saturated rings. The van der Waals surface area contributed by atoms with E-state index >= 15 is 0 Å². The summed E-state index contributed by atoms with van der Waals surface area (Å²) in [7, 11) is 0. The van der Waals surface area contributed by atoms with Crippen LogP contribution in [0.2, 0.25) is 0 Å². The number of aliphatic hydroxyl groups is 2. The predicted octanol–water partition coefficient (Wildman–Crippen LogP) is 12.0. The van der Waals surface area contributed by atoms with E-state index in [0.717, 1.165) is 19.3 Å². The van der Waals surface area contributed by atoms with E-state index in [1.807, 2.05) is 6.07 Å². The van der Waals surface area contributed by atoms with Crippen molar-refractivity contribution in [2.24, 2.45) is 0 Å². The van der Waals surface area contributed by atoms with Crippen LogP contribution in [0.1, 0.15) is 204 Å². The van der Waals surface area contributed by atoms with Gasteiger partial charge in [0.1, 0.15) is 0 Å². The largest absolute Gasteiger partial charge is 0.490 e. The molecule has 3 N–H and O–H groups in total. The molecule has 0 amide bonds. The summed E-state index contributed by atoms with van der Waals surface area (Å²) in [6.07, 6.45) is 39.2. The molecule has 0 aromatic heterocycles. The van der Waals surface area contributed by atoms with Crippen LogP contribution in [0.5, 0.6) is 11.5 Å². The van der Waals surface area contributed by atoms with Crippen LogP contribution in [0.25, 0.3) is 0 Å². The number of ketones is 1. The molecular weight excluding hydrogens is 622 g/mol. The number of allylic oxidation sites excluding steroid dienone is 1. The minimum Gasteiger partial charge on any atom is -0.490 e. The summed E-state index contributed by atoms with van der Waals surface area (Å²) in [5, 5.41) is 21.3. The number of nitrogens with one attached hydrogen (secondary N) is 1. The van der Waals surface area contributed by atoms with E-state index in [1.165, 1.54) is 173 Å². The lowest BCUT2D eigenvalue weighted by Crippen LogP contribution is -2.26. The van der Waals surface area contributed by atoms with Crippen LogP contribution in [0, 0.1) is 0 Å². The van der Waals surface area contributed by atoms with Crippen LogP contribution < -0.4 is 14.8 Å². The molecule has 50 heavy (non-hydrogen) atoms. The molecule has 0 aliphatic heterocycles. The molecule has 0 heterocycles. The average Bonchev–Trinajstić information content (AvgIpc) is 3.13. The number of benzene rings is 1. The SMILES string of the molecule is CCCCCCCCCCCCCCCCOc1ccc(C(=O)/C=C/NCC(O)CO)cc1OCCCCCCCCCCCCCCCC. The van der Waals surface area contributed by atoms with Gasteiger partial charge in [-0.05, 0) is 31.0 Å². The molecule has 0 aliphatic carbocycles. The van der Waals surface area contributed by atoms with Crippen molar-refractivity contribution in [3.05, 3.63) is 36.0 Å². The van der Waals surface area contributed by atoms with Gasteiger partial charge in [-0.3, -0.25) is 4.79 Å². The molecule has 290 valence electrons. The van der Waals surface area contributed by atoms with Crippen LogP contribution in [-0.2, 0) is 0 Å². The van der Waals surface area contributed by atoms with Crippen molar-refractivity contribution in [1.82, 2.24) is 5.32 Å². The lowest BCUT2D eigenvalue weighted by Gasteiger charge is -2.14. The first kappa shape index (κ1) is 46.0. The van der Waals surface area contributed by atoms with Gasteiger partial charge in [0.2, 0.25) is 0 Å². The number of carbonyl (C=O) groups excluding carboxylic acids is 1. The lowest BCUT2D eigenvalue weighted by atomic mass is 10.0. The van der Waals surface area contributed by atoms with Crippen molar-refractivity contribution in [3.8, 4) is 11.5 Å². The van der Waals surface area contributed by atoms with Crippen molar-refractivity contribution < 1.29 is 24.5 Å². The summed E-state index contributed by atoms with van der Waals surface area (Å²) in [6.45, 7) is 5.68. The Morgan fingerprint density at radius 3 is 1.38 bits per heavy atom. The highest BCUT2D eigenvalue weighted by atomic mass is 16.5. The maximum atomic E-state index is 12.8. The van der Waals surface area contributed by atoms with E-state index in [-0.39, 0.29) is 18.9 Å². The second-order valence-corrected chi connectivity index (χ2v) is 14.5. The lowest BCUT2D eigenvalue weighted by molar-refractivity contribution is 0.0969. The Labute approximate surface area is 308 Å². The highest BCUT2D eigenvalue weighted by molar-refractivity contribution is 6.04. The van der Waals surface area contributed by atoms with Gasteiger partial charge in [0.15, 0.2) is 17.3 Å². The Kier molecular flexibility index (Phi) is 32.5. The molecule has 6 heteroatoms. The monoisotopic (exact) mass is 702 g/mol. The first-order valence-corrected chi connectivity index (χ1v) is 21.2. The fraction of sp³-hybridized carbons (Fsp3) is 0.795. The van der Waals surface area contributed by atoms with Crippen molar-refractivity contribution in [2.45, 2.75) is 200 Å². The Hall–Kier alpha value is -2.05. The van der Waals surface area contributed by atoms with Gasteiger partial charge in [0, 0.05) is 24.4 Å². The van der Waals surface area contributed by atoms with Crippen molar-refractivity contribution in [1.29, 1.82) is 0 Å². The molecule has 1 unspecified atom stereocenters. The maximum absolute atomic E-state index is 12.8. The zero-order valence-electron chi connectivity index (χ0n) is 32.7. The normalized spacial score (nSPS) is 12.1. The van der Waals surface area contributed by atoms with E-state index in [2.05, 4.69) is 19.2 Å². The highest BCUT2D eigenvalue weighted by Gasteiger charge is 2.11.